The van der Waals surface area contributed by atoms with Crippen molar-refractivity contribution in [2.45, 2.75) is 20.3 Å². The number of hydrogen-bond donors (Lipinski definition) is 0. The van der Waals surface area contributed by atoms with Crippen molar-refractivity contribution >= 4 is 17.5 Å². The van der Waals surface area contributed by atoms with Crippen LogP contribution >= 0.6 is 0 Å². The van der Waals surface area contributed by atoms with Crippen LogP contribution in [0.25, 0.3) is 0 Å². The van der Waals surface area contributed by atoms with E-state index in [0.717, 1.165) is 17.7 Å². The molecule has 1 saturated heterocycles. The zero-order valence-corrected chi connectivity index (χ0v) is 11.7. The molecule has 20 heavy (non-hydrogen) atoms. The van der Waals surface area contributed by atoms with Gasteiger partial charge in [-0.3, -0.25) is 9.59 Å². The van der Waals surface area contributed by atoms with E-state index in [1.54, 1.807) is 0 Å². The average molecular weight is 267 g/mol. The molecular weight excluding hydrogens is 250 g/mol. The third-order valence-corrected chi connectivity index (χ3v) is 5.47. The van der Waals surface area contributed by atoms with Gasteiger partial charge in [0.2, 0.25) is 11.8 Å². The highest BCUT2D eigenvalue weighted by atomic mass is 16.2. The Morgan fingerprint density at radius 3 is 2.65 bits per heavy atom. The van der Waals surface area contributed by atoms with Crippen molar-refractivity contribution in [3.63, 3.8) is 0 Å². The molecule has 1 aromatic rings. The van der Waals surface area contributed by atoms with Gasteiger partial charge in [-0.25, -0.2) is 4.90 Å². The summed E-state index contributed by atoms with van der Waals surface area (Å²) in [5.41, 5.74) is 1.19. The maximum absolute atomic E-state index is 12.9. The fraction of sp³-hybridized carbons (Fsp3) is 0.412. The number of carbonyl (C=O) groups excluding carboxylic acids is 2. The maximum atomic E-state index is 12.9. The molecule has 4 rings (SSSR count). The Balaban J connectivity index is 1.85. The van der Waals surface area contributed by atoms with Crippen LogP contribution in [0.4, 0.5) is 5.69 Å². The molecule has 1 aromatic carbocycles. The third kappa shape index (κ3) is 1.17. The van der Waals surface area contributed by atoms with Gasteiger partial charge < -0.3 is 0 Å². The number of allylic oxidation sites excluding steroid dienone is 2. The Labute approximate surface area is 118 Å². The second-order valence-corrected chi connectivity index (χ2v) is 6.42. The number of para-hydroxylation sites is 1. The molecule has 0 spiro atoms. The van der Waals surface area contributed by atoms with Crippen LogP contribution in [0, 0.1) is 30.1 Å². The van der Waals surface area contributed by atoms with E-state index in [9.17, 15) is 9.59 Å². The van der Waals surface area contributed by atoms with Gasteiger partial charge in [-0.1, -0.05) is 30.4 Å². The highest BCUT2D eigenvalue weighted by molar-refractivity contribution is 6.24. The largest absolute Gasteiger partial charge is 0.274 e. The van der Waals surface area contributed by atoms with Gasteiger partial charge in [0.05, 0.1) is 17.0 Å². The van der Waals surface area contributed by atoms with Gasteiger partial charge in [0, 0.05) is 0 Å². The normalized spacial score (nSPS) is 37.9. The van der Waals surface area contributed by atoms with Crippen molar-refractivity contribution in [3.05, 3.63) is 42.0 Å². The minimum Gasteiger partial charge on any atom is -0.274 e. The van der Waals surface area contributed by atoms with Crippen molar-refractivity contribution in [3.8, 4) is 0 Å². The van der Waals surface area contributed by atoms with E-state index in [4.69, 9.17) is 0 Å². The lowest BCUT2D eigenvalue weighted by molar-refractivity contribution is -0.127. The zero-order chi connectivity index (χ0) is 14.1. The van der Waals surface area contributed by atoms with Crippen LogP contribution < -0.4 is 4.90 Å². The lowest BCUT2D eigenvalue weighted by atomic mass is 9.71. The van der Waals surface area contributed by atoms with Crippen LogP contribution in [0.2, 0.25) is 0 Å². The number of aryl methyl sites for hydroxylation is 1. The number of hydrogen-bond acceptors (Lipinski definition) is 2. The third-order valence-electron chi connectivity index (χ3n) is 5.47. The topological polar surface area (TPSA) is 37.4 Å². The van der Waals surface area contributed by atoms with E-state index < -0.39 is 5.41 Å². The number of rotatable bonds is 1. The van der Waals surface area contributed by atoms with Crippen LogP contribution in [0.5, 0.6) is 0 Å². The van der Waals surface area contributed by atoms with Crippen molar-refractivity contribution in [1.29, 1.82) is 0 Å². The molecule has 0 N–H and O–H groups in total. The summed E-state index contributed by atoms with van der Waals surface area (Å²) in [4.78, 5) is 27.2. The summed E-state index contributed by atoms with van der Waals surface area (Å²) in [5.74, 6) is 0.283. The van der Waals surface area contributed by atoms with Crippen molar-refractivity contribution in [1.82, 2.24) is 0 Å². The van der Waals surface area contributed by atoms with Crippen LogP contribution in [0.15, 0.2) is 36.4 Å². The zero-order valence-electron chi connectivity index (χ0n) is 11.7. The second kappa shape index (κ2) is 3.60. The number of nitrogens with zero attached hydrogens (tertiary/aromatic N) is 1. The molecule has 0 unspecified atom stereocenters. The average Bonchev–Trinajstić information content (AvgIpc) is 3.05. The first-order valence-electron chi connectivity index (χ1n) is 7.17. The predicted molar refractivity (Wildman–Crippen MR) is 76.0 cm³/mol. The molecule has 102 valence electrons. The molecular formula is C17H17NO2. The highest BCUT2D eigenvalue weighted by Gasteiger charge is 2.67. The van der Waals surface area contributed by atoms with E-state index in [0.29, 0.717) is 0 Å². The van der Waals surface area contributed by atoms with E-state index in [1.165, 1.54) is 4.90 Å². The predicted octanol–water partition coefficient (Wildman–Crippen LogP) is 2.70. The van der Waals surface area contributed by atoms with Gasteiger partial charge >= 0.3 is 0 Å². The monoisotopic (exact) mass is 267 g/mol. The summed E-state index contributed by atoms with van der Waals surface area (Å²) in [6.45, 7) is 3.92. The van der Waals surface area contributed by atoms with E-state index in [1.807, 2.05) is 38.1 Å². The molecule has 4 atom stereocenters. The molecule has 2 fully saturated rings. The number of anilines is 1. The minimum absolute atomic E-state index is 0.0105. The summed E-state index contributed by atoms with van der Waals surface area (Å²) in [6, 6.07) is 7.62. The van der Waals surface area contributed by atoms with E-state index >= 15 is 0 Å². The molecule has 1 aliphatic heterocycles. The van der Waals surface area contributed by atoms with E-state index in [-0.39, 0.29) is 29.6 Å². The van der Waals surface area contributed by atoms with Gasteiger partial charge in [-0.2, -0.15) is 0 Å². The Morgan fingerprint density at radius 2 is 1.95 bits per heavy atom. The van der Waals surface area contributed by atoms with Gasteiger partial charge in [0.15, 0.2) is 0 Å². The quantitative estimate of drug-likeness (QED) is 0.579. The molecule has 2 amide bonds. The number of amides is 2. The molecule has 3 nitrogen and oxygen atoms in total. The second-order valence-electron chi connectivity index (χ2n) is 6.42. The van der Waals surface area contributed by atoms with Crippen LogP contribution in [0.3, 0.4) is 0 Å². The van der Waals surface area contributed by atoms with Crippen LogP contribution in [-0.2, 0) is 9.59 Å². The van der Waals surface area contributed by atoms with Gasteiger partial charge in [0.25, 0.3) is 0 Å². The van der Waals surface area contributed by atoms with E-state index in [2.05, 4.69) is 12.2 Å². The maximum Gasteiger partial charge on any atom is 0.241 e. The Morgan fingerprint density at radius 1 is 1.20 bits per heavy atom. The standard InChI is InChI=1S/C17H17NO2/c1-10-5-3-4-6-13(10)18-15(19)14-11-7-8-12(9-11)17(14,2)16(18)20/h3-8,11-12,14H,9H2,1-2H3/t11-,12-,14-,17-/m0/s1. The molecule has 0 aromatic heterocycles. The summed E-state index contributed by atoms with van der Waals surface area (Å²) >= 11 is 0. The smallest absolute Gasteiger partial charge is 0.241 e. The molecule has 3 aliphatic rings. The van der Waals surface area contributed by atoms with Crippen molar-refractivity contribution in [2.24, 2.45) is 23.2 Å². The van der Waals surface area contributed by atoms with Gasteiger partial charge in [-0.05, 0) is 43.7 Å². The molecule has 2 aliphatic carbocycles. The number of carbonyl (C=O) groups is 2. The number of benzene rings is 1. The Hall–Kier alpha value is -1.90. The first-order valence-corrected chi connectivity index (χ1v) is 7.17. The lowest BCUT2D eigenvalue weighted by Gasteiger charge is -2.28. The fourth-order valence-corrected chi connectivity index (χ4v) is 4.35. The molecule has 1 heterocycles. The molecule has 3 heteroatoms. The number of imide groups is 1. The summed E-state index contributed by atoms with van der Waals surface area (Å²) < 4.78 is 0. The lowest BCUT2D eigenvalue weighted by Crippen LogP contribution is -2.37. The summed E-state index contributed by atoms with van der Waals surface area (Å²) in [7, 11) is 0. The first kappa shape index (κ1) is 11.9. The number of fused-ring (bicyclic) bond motifs is 5. The molecule has 1 saturated carbocycles. The van der Waals surface area contributed by atoms with Crippen LogP contribution in [-0.4, -0.2) is 11.8 Å². The first-order chi connectivity index (χ1) is 9.55. The van der Waals surface area contributed by atoms with Gasteiger partial charge in [-0.15, -0.1) is 0 Å². The Bertz CT molecular complexity index is 663. The fourth-order valence-electron chi connectivity index (χ4n) is 4.35. The Kier molecular flexibility index (Phi) is 2.14. The summed E-state index contributed by atoms with van der Waals surface area (Å²) in [6.07, 6.45) is 5.22. The molecule has 2 bridgehead atoms. The van der Waals surface area contributed by atoms with Crippen molar-refractivity contribution in [2.75, 3.05) is 4.90 Å². The van der Waals surface area contributed by atoms with Gasteiger partial charge in [0.1, 0.15) is 0 Å². The minimum atomic E-state index is -0.529. The summed E-state index contributed by atoms with van der Waals surface area (Å²) in [5, 5.41) is 0. The SMILES string of the molecule is Cc1ccccc1N1C(=O)[C@@H]2[C@H]3C=C[C@@H](C3)[C@]2(C)C1=O. The van der Waals surface area contributed by atoms with Crippen LogP contribution in [0.1, 0.15) is 18.9 Å². The highest BCUT2D eigenvalue weighted by Crippen LogP contribution is 2.60. The van der Waals surface area contributed by atoms with Crippen molar-refractivity contribution < 1.29 is 9.59 Å². The molecule has 0 radical (unpaired) electrons.